The number of benzene rings is 2. The van der Waals surface area contributed by atoms with Crippen LogP contribution in [-0.4, -0.2) is 34.7 Å². The van der Waals surface area contributed by atoms with E-state index in [9.17, 15) is 19.5 Å². The zero-order chi connectivity index (χ0) is 24.8. The van der Waals surface area contributed by atoms with E-state index >= 15 is 0 Å². The van der Waals surface area contributed by atoms with Gasteiger partial charge in [0.1, 0.15) is 17.4 Å². The summed E-state index contributed by atoms with van der Waals surface area (Å²) < 4.78 is 5.32. The van der Waals surface area contributed by atoms with Gasteiger partial charge in [-0.3, -0.25) is 9.59 Å². The Bertz CT molecular complexity index is 983. The van der Waals surface area contributed by atoms with Gasteiger partial charge in [-0.25, -0.2) is 15.2 Å². The molecule has 178 valence electrons. The fourth-order valence-electron chi connectivity index (χ4n) is 3.17. The summed E-state index contributed by atoms with van der Waals surface area (Å²) in [6.07, 6.45) is -0.458. The van der Waals surface area contributed by atoms with Gasteiger partial charge in [0.15, 0.2) is 0 Å². The van der Waals surface area contributed by atoms with Crippen LogP contribution in [0.5, 0.6) is 5.75 Å². The molecule has 0 unspecified atom stereocenters. The minimum atomic E-state index is -0.936. The van der Waals surface area contributed by atoms with E-state index in [4.69, 9.17) is 4.74 Å². The molecule has 8 nitrogen and oxygen atoms in total. The highest BCUT2D eigenvalue weighted by Crippen LogP contribution is 2.21. The molecule has 3 amide bonds. The van der Waals surface area contributed by atoms with Crippen LogP contribution in [0.15, 0.2) is 48.5 Å². The maximum absolute atomic E-state index is 13.6. The van der Waals surface area contributed by atoms with Crippen LogP contribution in [0.25, 0.3) is 0 Å². The molecule has 0 aliphatic rings. The number of ether oxygens (including phenoxy) is 1. The number of hydrogen-bond acceptors (Lipinski definition) is 5. The Morgan fingerprint density at radius 1 is 1.03 bits per heavy atom. The second kappa shape index (κ2) is 10.8. The van der Waals surface area contributed by atoms with Crippen molar-refractivity contribution in [3.8, 4) is 5.75 Å². The van der Waals surface area contributed by atoms with Crippen LogP contribution in [-0.2, 0) is 9.53 Å². The van der Waals surface area contributed by atoms with Gasteiger partial charge in [0.25, 0.3) is 11.8 Å². The molecule has 0 fully saturated rings. The lowest BCUT2D eigenvalue weighted by atomic mass is 10.0. The van der Waals surface area contributed by atoms with Crippen molar-refractivity contribution in [2.45, 2.75) is 59.6 Å². The van der Waals surface area contributed by atoms with E-state index in [1.165, 1.54) is 6.07 Å². The Balaban J connectivity index is 2.35. The lowest BCUT2D eigenvalue weighted by Gasteiger charge is -2.30. The van der Waals surface area contributed by atoms with Crippen LogP contribution in [0.1, 0.15) is 57.0 Å². The Kier molecular flexibility index (Phi) is 8.45. The Hall–Kier alpha value is -3.55. The van der Waals surface area contributed by atoms with Crippen molar-refractivity contribution in [3.05, 3.63) is 59.7 Å². The van der Waals surface area contributed by atoms with Gasteiger partial charge in [-0.05, 0) is 64.3 Å². The molecule has 0 aliphatic carbocycles. The van der Waals surface area contributed by atoms with Crippen molar-refractivity contribution in [2.24, 2.45) is 5.92 Å². The number of nitrogens with one attached hydrogen (secondary N) is 2. The van der Waals surface area contributed by atoms with Gasteiger partial charge in [-0.2, -0.15) is 0 Å². The van der Waals surface area contributed by atoms with Crippen LogP contribution in [0.2, 0.25) is 0 Å². The largest absolute Gasteiger partial charge is 0.508 e. The Labute approximate surface area is 194 Å². The maximum Gasteiger partial charge on any atom is 0.427 e. The molecule has 8 heteroatoms. The summed E-state index contributed by atoms with van der Waals surface area (Å²) in [6, 6.07) is 12.3. The molecular weight excluding hydrogens is 422 g/mol. The first-order valence-electron chi connectivity index (χ1n) is 10.9. The summed E-state index contributed by atoms with van der Waals surface area (Å²) in [5.41, 5.74) is 2.85. The molecule has 0 aromatic heterocycles. The molecule has 0 radical (unpaired) electrons. The monoisotopic (exact) mass is 455 g/mol. The number of rotatable bonds is 6. The number of hydrogen-bond donors (Lipinski definition) is 3. The van der Waals surface area contributed by atoms with E-state index in [0.29, 0.717) is 17.7 Å². The van der Waals surface area contributed by atoms with Crippen molar-refractivity contribution in [2.75, 3.05) is 5.01 Å². The van der Waals surface area contributed by atoms with Gasteiger partial charge in [-0.15, -0.1) is 0 Å². The normalized spacial score (nSPS) is 12.1. The second-order valence-electron chi connectivity index (χ2n) is 9.23. The van der Waals surface area contributed by atoms with E-state index in [0.717, 1.165) is 5.01 Å². The average Bonchev–Trinajstić information content (AvgIpc) is 2.72. The van der Waals surface area contributed by atoms with Crippen molar-refractivity contribution in [1.82, 2.24) is 10.7 Å². The van der Waals surface area contributed by atoms with E-state index in [1.54, 1.807) is 70.2 Å². The van der Waals surface area contributed by atoms with Crippen LogP contribution in [0, 0.1) is 12.8 Å². The molecule has 0 heterocycles. The lowest BCUT2D eigenvalue weighted by Crippen LogP contribution is -2.56. The molecular formula is C25H33N3O5. The highest BCUT2D eigenvalue weighted by atomic mass is 16.6. The molecule has 33 heavy (non-hydrogen) atoms. The van der Waals surface area contributed by atoms with Gasteiger partial charge in [0, 0.05) is 11.1 Å². The molecule has 0 aliphatic heterocycles. The molecule has 1 atom stereocenters. The number of anilines is 1. The van der Waals surface area contributed by atoms with E-state index in [2.05, 4.69) is 10.7 Å². The summed E-state index contributed by atoms with van der Waals surface area (Å²) in [7, 11) is 0. The Morgan fingerprint density at radius 2 is 1.67 bits per heavy atom. The lowest BCUT2D eigenvalue weighted by molar-refractivity contribution is -0.121. The second-order valence-corrected chi connectivity index (χ2v) is 9.23. The van der Waals surface area contributed by atoms with Gasteiger partial charge in [0.2, 0.25) is 0 Å². The summed E-state index contributed by atoms with van der Waals surface area (Å²) in [5.74, 6) is -0.949. The predicted octanol–water partition coefficient (Wildman–Crippen LogP) is 4.32. The molecule has 0 saturated heterocycles. The first kappa shape index (κ1) is 25.7. The third-order valence-corrected chi connectivity index (χ3v) is 4.70. The summed E-state index contributed by atoms with van der Waals surface area (Å²) in [6.45, 7) is 10.7. The molecule has 0 spiro atoms. The van der Waals surface area contributed by atoms with Gasteiger partial charge in [-0.1, -0.05) is 38.1 Å². The van der Waals surface area contributed by atoms with Gasteiger partial charge < -0.3 is 15.2 Å². The van der Waals surface area contributed by atoms with E-state index in [-0.39, 0.29) is 17.2 Å². The summed E-state index contributed by atoms with van der Waals surface area (Å²) in [4.78, 5) is 39.0. The standard InChI is InChI=1S/C25H33N3O5/c1-16(2)15-20(26-22(30)19-13-10-14-21(29)17(19)3)23(31)28(18-11-8-7-9-12-18)27-24(32)33-25(4,5)6/h7-14,16,20,29H,15H2,1-6H3,(H,26,30)(H,27,32)/t20-/m0/s1. The van der Waals surface area contributed by atoms with Crippen LogP contribution >= 0.6 is 0 Å². The molecule has 0 saturated carbocycles. The summed E-state index contributed by atoms with van der Waals surface area (Å²) >= 11 is 0. The van der Waals surface area contributed by atoms with Crippen LogP contribution in [0.4, 0.5) is 10.5 Å². The molecule has 0 bridgehead atoms. The molecule has 2 aromatic rings. The zero-order valence-corrected chi connectivity index (χ0v) is 20.0. The Morgan fingerprint density at radius 3 is 2.24 bits per heavy atom. The van der Waals surface area contributed by atoms with Crippen LogP contribution in [0.3, 0.4) is 0 Å². The van der Waals surface area contributed by atoms with E-state index < -0.39 is 29.6 Å². The zero-order valence-electron chi connectivity index (χ0n) is 20.0. The highest BCUT2D eigenvalue weighted by molar-refractivity contribution is 6.03. The molecule has 2 rings (SSSR count). The third kappa shape index (κ3) is 7.52. The fourth-order valence-corrected chi connectivity index (χ4v) is 3.17. The average molecular weight is 456 g/mol. The molecule has 2 aromatic carbocycles. The first-order chi connectivity index (χ1) is 15.4. The minimum absolute atomic E-state index is 0.00751. The quantitative estimate of drug-likeness (QED) is 0.562. The number of hydrazine groups is 1. The van der Waals surface area contributed by atoms with Gasteiger partial charge in [0.05, 0.1) is 5.69 Å². The first-order valence-corrected chi connectivity index (χ1v) is 10.9. The van der Waals surface area contributed by atoms with Crippen LogP contribution < -0.4 is 15.8 Å². The number of aromatic hydroxyl groups is 1. The topological polar surface area (TPSA) is 108 Å². The smallest absolute Gasteiger partial charge is 0.427 e. The number of nitrogens with zero attached hydrogens (tertiary/aromatic N) is 1. The van der Waals surface area contributed by atoms with Crippen molar-refractivity contribution < 1.29 is 24.2 Å². The van der Waals surface area contributed by atoms with Crippen molar-refractivity contribution >= 4 is 23.6 Å². The highest BCUT2D eigenvalue weighted by Gasteiger charge is 2.31. The van der Waals surface area contributed by atoms with Gasteiger partial charge >= 0.3 is 6.09 Å². The predicted molar refractivity (Wildman–Crippen MR) is 127 cm³/mol. The van der Waals surface area contributed by atoms with E-state index in [1.807, 2.05) is 13.8 Å². The van der Waals surface area contributed by atoms with Crippen molar-refractivity contribution in [3.63, 3.8) is 0 Å². The number of phenols is 1. The maximum atomic E-state index is 13.6. The van der Waals surface area contributed by atoms with Crippen molar-refractivity contribution in [1.29, 1.82) is 0 Å². The summed E-state index contributed by atoms with van der Waals surface area (Å²) in [5, 5.41) is 13.8. The SMILES string of the molecule is Cc1c(O)cccc1C(=O)N[C@@H](CC(C)C)C(=O)N(NC(=O)OC(C)(C)C)c1ccccc1. The number of para-hydroxylation sites is 1. The third-order valence-electron chi connectivity index (χ3n) is 4.70. The fraction of sp³-hybridized carbons (Fsp3) is 0.400. The number of carbonyl (C=O) groups excluding carboxylic acids is 3. The number of amides is 3. The number of phenolic OH excluding ortho intramolecular Hbond substituents is 1. The number of carbonyl (C=O) groups is 3. The minimum Gasteiger partial charge on any atom is -0.508 e. The molecule has 3 N–H and O–H groups in total.